The monoisotopic (exact) mass is 234 g/mol. The number of aryl methyl sites for hydroxylation is 2. The Morgan fingerprint density at radius 2 is 2.06 bits per heavy atom. The molecule has 0 aromatic heterocycles. The first-order valence-electron chi connectivity index (χ1n) is 6.37. The van der Waals surface area contributed by atoms with Gasteiger partial charge in [0.2, 0.25) is 0 Å². The largest absolute Gasteiger partial charge is 0.385 e. The van der Waals surface area contributed by atoms with Crippen molar-refractivity contribution in [1.29, 1.82) is 0 Å². The lowest BCUT2D eigenvalue weighted by molar-refractivity contribution is 0.0753. The molecule has 3 heteroatoms. The summed E-state index contributed by atoms with van der Waals surface area (Å²) in [6, 6.07) is 7.08. The summed E-state index contributed by atoms with van der Waals surface area (Å²) in [6.45, 7) is 7.93. The highest BCUT2D eigenvalue weighted by Crippen LogP contribution is 2.13. The Bertz CT molecular complexity index is 339. The summed E-state index contributed by atoms with van der Waals surface area (Å²) in [4.78, 5) is 0. The molecule has 1 unspecified atom stereocenters. The second-order valence-corrected chi connectivity index (χ2v) is 4.82. The van der Waals surface area contributed by atoms with Crippen LogP contribution >= 0.6 is 0 Å². The molecule has 1 aromatic rings. The van der Waals surface area contributed by atoms with E-state index in [0.29, 0.717) is 6.04 Å². The number of hydrogen-bond acceptors (Lipinski definition) is 3. The normalized spacial score (nSPS) is 20.2. The molecule has 1 heterocycles. The van der Waals surface area contributed by atoms with E-state index in [1.807, 2.05) is 0 Å². The van der Waals surface area contributed by atoms with E-state index in [0.717, 1.165) is 32.7 Å². The summed E-state index contributed by atoms with van der Waals surface area (Å²) in [7, 11) is 0. The van der Waals surface area contributed by atoms with E-state index < -0.39 is 0 Å². The van der Waals surface area contributed by atoms with Crippen molar-refractivity contribution in [2.45, 2.75) is 26.3 Å². The van der Waals surface area contributed by atoms with Crippen LogP contribution < -0.4 is 10.6 Å². The fourth-order valence-corrected chi connectivity index (χ4v) is 2.27. The Morgan fingerprint density at radius 1 is 1.29 bits per heavy atom. The topological polar surface area (TPSA) is 33.3 Å². The second kappa shape index (κ2) is 6.03. The first kappa shape index (κ1) is 12.4. The third-order valence-electron chi connectivity index (χ3n) is 3.04. The van der Waals surface area contributed by atoms with Crippen LogP contribution in [0.15, 0.2) is 18.2 Å². The number of hydrogen-bond donors (Lipinski definition) is 2. The van der Waals surface area contributed by atoms with Gasteiger partial charge in [-0.3, -0.25) is 0 Å². The van der Waals surface area contributed by atoms with Gasteiger partial charge in [-0.25, -0.2) is 0 Å². The fraction of sp³-hybridized carbons (Fsp3) is 0.571. The Balaban J connectivity index is 1.77. The van der Waals surface area contributed by atoms with Crippen molar-refractivity contribution in [3.63, 3.8) is 0 Å². The van der Waals surface area contributed by atoms with E-state index in [9.17, 15) is 0 Å². The van der Waals surface area contributed by atoms with Crippen LogP contribution in [0.3, 0.4) is 0 Å². The van der Waals surface area contributed by atoms with Crippen molar-refractivity contribution >= 4 is 5.69 Å². The molecular formula is C14H22N2O. The van der Waals surface area contributed by atoms with Gasteiger partial charge in [-0.2, -0.15) is 0 Å². The standard InChI is InChI=1S/C14H22N2O/c1-11-7-12(2)9-14(8-11)15-4-3-13-10-17-6-5-16-13/h7-9,13,15-16H,3-6,10H2,1-2H3. The lowest BCUT2D eigenvalue weighted by Gasteiger charge is -2.24. The van der Waals surface area contributed by atoms with Crippen molar-refractivity contribution in [2.24, 2.45) is 0 Å². The number of morpholine rings is 1. The molecule has 0 spiro atoms. The van der Waals surface area contributed by atoms with Crippen LogP contribution in [0, 0.1) is 13.8 Å². The summed E-state index contributed by atoms with van der Waals surface area (Å²) in [5, 5.41) is 6.94. The highest BCUT2D eigenvalue weighted by atomic mass is 16.5. The molecule has 2 rings (SSSR count). The molecule has 1 aromatic carbocycles. The predicted molar refractivity (Wildman–Crippen MR) is 71.6 cm³/mol. The first-order valence-corrected chi connectivity index (χ1v) is 6.37. The Labute approximate surface area is 104 Å². The van der Waals surface area contributed by atoms with Crippen LogP contribution in [0.4, 0.5) is 5.69 Å². The van der Waals surface area contributed by atoms with Gasteiger partial charge in [0.05, 0.1) is 13.2 Å². The van der Waals surface area contributed by atoms with Gasteiger partial charge in [-0.05, 0) is 43.5 Å². The summed E-state index contributed by atoms with van der Waals surface area (Å²) in [5.74, 6) is 0. The maximum absolute atomic E-state index is 5.43. The Hall–Kier alpha value is -1.06. The molecule has 17 heavy (non-hydrogen) atoms. The summed E-state index contributed by atoms with van der Waals surface area (Å²) >= 11 is 0. The zero-order chi connectivity index (χ0) is 12.1. The number of nitrogens with one attached hydrogen (secondary N) is 2. The molecule has 94 valence electrons. The van der Waals surface area contributed by atoms with Crippen LogP contribution in [0.25, 0.3) is 0 Å². The lowest BCUT2D eigenvalue weighted by Crippen LogP contribution is -2.42. The van der Waals surface area contributed by atoms with Crippen molar-refractivity contribution in [3.8, 4) is 0 Å². The molecule has 1 aliphatic heterocycles. The van der Waals surface area contributed by atoms with Crippen LogP contribution in [-0.2, 0) is 4.74 Å². The summed E-state index contributed by atoms with van der Waals surface area (Å²) in [6.07, 6.45) is 1.10. The van der Waals surface area contributed by atoms with Crippen molar-refractivity contribution in [1.82, 2.24) is 5.32 Å². The van der Waals surface area contributed by atoms with Gasteiger partial charge in [-0.1, -0.05) is 6.07 Å². The zero-order valence-electron chi connectivity index (χ0n) is 10.8. The molecule has 3 nitrogen and oxygen atoms in total. The van der Waals surface area contributed by atoms with Crippen LogP contribution in [0.1, 0.15) is 17.5 Å². The maximum Gasteiger partial charge on any atom is 0.0620 e. The molecule has 1 saturated heterocycles. The highest BCUT2D eigenvalue weighted by Gasteiger charge is 2.11. The van der Waals surface area contributed by atoms with Crippen LogP contribution in [-0.4, -0.2) is 32.3 Å². The van der Waals surface area contributed by atoms with Gasteiger partial charge in [0.1, 0.15) is 0 Å². The Kier molecular flexibility index (Phi) is 4.40. The minimum atomic E-state index is 0.502. The van der Waals surface area contributed by atoms with Gasteiger partial charge < -0.3 is 15.4 Å². The zero-order valence-corrected chi connectivity index (χ0v) is 10.8. The predicted octanol–water partition coefficient (Wildman–Crippen LogP) is 2.09. The molecule has 0 radical (unpaired) electrons. The molecule has 1 atom stereocenters. The SMILES string of the molecule is Cc1cc(C)cc(NCCC2COCCN2)c1. The van der Waals surface area contributed by atoms with Crippen molar-refractivity contribution in [2.75, 3.05) is 31.6 Å². The molecular weight excluding hydrogens is 212 g/mol. The number of rotatable bonds is 4. The fourth-order valence-electron chi connectivity index (χ4n) is 2.27. The van der Waals surface area contributed by atoms with Crippen LogP contribution in [0.5, 0.6) is 0 Å². The summed E-state index contributed by atoms with van der Waals surface area (Å²) < 4.78 is 5.43. The third-order valence-corrected chi connectivity index (χ3v) is 3.04. The lowest BCUT2D eigenvalue weighted by atomic mass is 10.1. The second-order valence-electron chi connectivity index (χ2n) is 4.82. The molecule has 1 aliphatic rings. The smallest absolute Gasteiger partial charge is 0.0620 e. The third kappa shape index (κ3) is 4.02. The van der Waals surface area contributed by atoms with E-state index in [2.05, 4.69) is 42.7 Å². The van der Waals surface area contributed by atoms with Crippen LogP contribution in [0.2, 0.25) is 0 Å². The Morgan fingerprint density at radius 3 is 2.71 bits per heavy atom. The van der Waals surface area contributed by atoms with Gasteiger partial charge in [0.25, 0.3) is 0 Å². The van der Waals surface area contributed by atoms with Crippen molar-refractivity contribution in [3.05, 3.63) is 29.3 Å². The average Bonchev–Trinajstić information content (AvgIpc) is 2.29. The molecule has 0 bridgehead atoms. The van der Waals surface area contributed by atoms with Gasteiger partial charge >= 0.3 is 0 Å². The van der Waals surface area contributed by atoms with E-state index in [-0.39, 0.29) is 0 Å². The van der Waals surface area contributed by atoms with E-state index in [4.69, 9.17) is 4.74 Å². The highest BCUT2D eigenvalue weighted by molar-refractivity contribution is 5.48. The number of benzene rings is 1. The van der Waals surface area contributed by atoms with E-state index in [1.54, 1.807) is 0 Å². The molecule has 0 aliphatic carbocycles. The van der Waals surface area contributed by atoms with E-state index >= 15 is 0 Å². The number of anilines is 1. The minimum absolute atomic E-state index is 0.502. The quantitative estimate of drug-likeness (QED) is 0.837. The molecule has 0 amide bonds. The van der Waals surface area contributed by atoms with Gasteiger partial charge in [0, 0.05) is 24.8 Å². The number of ether oxygens (including phenoxy) is 1. The maximum atomic E-state index is 5.43. The molecule has 0 saturated carbocycles. The molecule has 2 N–H and O–H groups in total. The average molecular weight is 234 g/mol. The summed E-state index contributed by atoms with van der Waals surface area (Å²) in [5.41, 5.74) is 3.84. The van der Waals surface area contributed by atoms with Crippen molar-refractivity contribution < 1.29 is 4.74 Å². The van der Waals surface area contributed by atoms with Gasteiger partial charge in [0.15, 0.2) is 0 Å². The minimum Gasteiger partial charge on any atom is -0.385 e. The van der Waals surface area contributed by atoms with E-state index in [1.165, 1.54) is 16.8 Å². The molecule has 1 fully saturated rings. The van der Waals surface area contributed by atoms with Gasteiger partial charge in [-0.15, -0.1) is 0 Å². The first-order chi connectivity index (χ1) is 8.24.